The highest BCUT2D eigenvalue weighted by Gasteiger charge is 2.50. The van der Waals surface area contributed by atoms with Crippen molar-refractivity contribution < 1.29 is 23.9 Å². The first-order valence-electron chi connectivity index (χ1n) is 9.82. The van der Waals surface area contributed by atoms with E-state index >= 15 is 0 Å². The molecule has 2 aromatic rings. The fraction of sp³-hybridized carbons (Fsp3) is 0.318. The summed E-state index contributed by atoms with van der Waals surface area (Å²) in [5.74, 6) is 0.353. The summed E-state index contributed by atoms with van der Waals surface area (Å²) in [6.07, 6.45) is 0.747. The van der Waals surface area contributed by atoms with Gasteiger partial charge in [-0.25, -0.2) is 4.79 Å². The lowest BCUT2D eigenvalue weighted by Gasteiger charge is -2.25. The molecular weight excluding hydrogens is 386 g/mol. The van der Waals surface area contributed by atoms with Crippen LogP contribution in [-0.2, 0) is 21.5 Å². The minimum absolute atomic E-state index is 0.0316. The number of imide groups is 1. The molecule has 30 heavy (non-hydrogen) atoms. The molecule has 0 saturated carbocycles. The van der Waals surface area contributed by atoms with Crippen LogP contribution in [-0.4, -0.2) is 42.1 Å². The van der Waals surface area contributed by atoms with Crippen LogP contribution in [0.4, 0.5) is 10.5 Å². The van der Waals surface area contributed by atoms with Crippen LogP contribution in [0.3, 0.4) is 0 Å². The summed E-state index contributed by atoms with van der Waals surface area (Å²) in [6, 6.07) is 12.2. The molecule has 2 atom stereocenters. The van der Waals surface area contributed by atoms with Gasteiger partial charge in [0.05, 0.1) is 0 Å². The Balaban J connectivity index is 1.39. The van der Waals surface area contributed by atoms with E-state index in [-0.39, 0.29) is 25.3 Å². The van der Waals surface area contributed by atoms with E-state index in [1.165, 1.54) is 0 Å². The summed E-state index contributed by atoms with van der Waals surface area (Å²) < 4.78 is 10.7. The third-order valence-electron chi connectivity index (χ3n) is 5.99. The molecular formula is C22H21N3O5. The van der Waals surface area contributed by atoms with Crippen LogP contribution in [0.25, 0.3) is 0 Å². The number of para-hydroxylation sites is 1. The number of amides is 4. The van der Waals surface area contributed by atoms with E-state index in [1.807, 2.05) is 31.2 Å². The van der Waals surface area contributed by atoms with Crippen molar-refractivity contribution in [2.45, 2.75) is 31.8 Å². The highest BCUT2D eigenvalue weighted by molar-refractivity contribution is 6.11. The van der Waals surface area contributed by atoms with Crippen LogP contribution in [0, 0.1) is 0 Å². The van der Waals surface area contributed by atoms with Crippen molar-refractivity contribution in [2.75, 3.05) is 18.2 Å². The Morgan fingerprint density at radius 1 is 1.17 bits per heavy atom. The van der Waals surface area contributed by atoms with Gasteiger partial charge in [0, 0.05) is 11.7 Å². The molecule has 0 aromatic heterocycles. The van der Waals surface area contributed by atoms with Gasteiger partial charge in [0.15, 0.2) is 11.5 Å². The van der Waals surface area contributed by atoms with Gasteiger partial charge in [-0.2, -0.15) is 0 Å². The van der Waals surface area contributed by atoms with E-state index in [2.05, 4.69) is 5.32 Å². The molecule has 3 aliphatic rings. The standard InChI is InChI=1S/C22H21N3O5/c1-13-9-14-5-3-4-6-16(14)25(13)19(26)11-24-20(27)22(2,23-21(24)28)15-7-8-17-18(10-15)30-12-29-17/h3-8,10,13H,9,11-12H2,1-2H3,(H,23,28)/t13-,22-/m0/s1. The Kier molecular flexibility index (Phi) is 3.99. The van der Waals surface area contributed by atoms with Crippen molar-refractivity contribution in [1.29, 1.82) is 0 Å². The van der Waals surface area contributed by atoms with Gasteiger partial charge < -0.3 is 19.7 Å². The molecule has 8 heteroatoms. The molecule has 154 valence electrons. The van der Waals surface area contributed by atoms with E-state index in [1.54, 1.807) is 30.0 Å². The van der Waals surface area contributed by atoms with Gasteiger partial charge in [-0.3, -0.25) is 14.5 Å². The summed E-state index contributed by atoms with van der Waals surface area (Å²) >= 11 is 0. The Hall–Kier alpha value is -3.55. The number of nitrogens with one attached hydrogen (secondary N) is 1. The monoisotopic (exact) mass is 407 g/mol. The van der Waals surface area contributed by atoms with Gasteiger partial charge in [0.1, 0.15) is 12.1 Å². The quantitative estimate of drug-likeness (QED) is 0.788. The smallest absolute Gasteiger partial charge is 0.325 e. The number of carbonyl (C=O) groups is 3. The normalized spacial score (nSPS) is 24.3. The molecule has 1 saturated heterocycles. The second kappa shape index (κ2) is 6.48. The summed E-state index contributed by atoms with van der Waals surface area (Å²) in [5, 5.41) is 2.73. The van der Waals surface area contributed by atoms with E-state index in [9.17, 15) is 14.4 Å². The summed E-state index contributed by atoms with van der Waals surface area (Å²) in [5.41, 5.74) is 1.20. The van der Waals surface area contributed by atoms with Gasteiger partial charge in [0.25, 0.3) is 5.91 Å². The zero-order chi connectivity index (χ0) is 21.0. The first kappa shape index (κ1) is 18.5. The minimum Gasteiger partial charge on any atom is -0.454 e. The average Bonchev–Trinajstić information content (AvgIpc) is 3.38. The Morgan fingerprint density at radius 3 is 2.77 bits per heavy atom. The maximum absolute atomic E-state index is 13.2. The molecule has 2 aromatic carbocycles. The number of hydrogen-bond acceptors (Lipinski definition) is 5. The SMILES string of the molecule is C[C@H]1Cc2ccccc2N1C(=O)CN1C(=O)N[C@@](C)(c2ccc3c(c2)OCO3)C1=O. The molecule has 0 bridgehead atoms. The Bertz CT molecular complexity index is 1080. The minimum atomic E-state index is -1.28. The highest BCUT2D eigenvalue weighted by Crippen LogP contribution is 2.38. The van der Waals surface area contributed by atoms with Crippen LogP contribution in [0.2, 0.25) is 0 Å². The lowest BCUT2D eigenvalue weighted by Crippen LogP contribution is -2.46. The van der Waals surface area contributed by atoms with Crippen molar-refractivity contribution in [3.05, 3.63) is 53.6 Å². The van der Waals surface area contributed by atoms with Gasteiger partial charge >= 0.3 is 6.03 Å². The van der Waals surface area contributed by atoms with Crippen LogP contribution in [0.1, 0.15) is 25.0 Å². The van der Waals surface area contributed by atoms with Gasteiger partial charge in [-0.15, -0.1) is 0 Å². The Morgan fingerprint density at radius 2 is 1.93 bits per heavy atom. The number of rotatable bonds is 3. The second-order valence-electron chi connectivity index (χ2n) is 7.96. The van der Waals surface area contributed by atoms with Crippen LogP contribution < -0.4 is 19.7 Å². The van der Waals surface area contributed by atoms with E-state index < -0.39 is 17.5 Å². The van der Waals surface area contributed by atoms with Crippen molar-refractivity contribution >= 4 is 23.5 Å². The molecule has 3 aliphatic heterocycles. The molecule has 0 radical (unpaired) electrons. The number of fused-ring (bicyclic) bond motifs is 2. The van der Waals surface area contributed by atoms with Crippen LogP contribution in [0.5, 0.6) is 11.5 Å². The molecule has 0 unspecified atom stereocenters. The van der Waals surface area contributed by atoms with Crippen LogP contribution >= 0.6 is 0 Å². The van der Waals surface area contributed by atoms with E-state index in [4.69, 9.17) is 9.47 Å². The van der Waals surface area contributed by atoms with E-state index in [0.717, 1.165) is 22.6 Å². The van der Waals surface area contributed by atoms with Crippen LogP contribution in [0.15, 0.2) is 42.5 Å². The number of urea groups is 1. The molecule has 0 aliphatic carbocycles. The van der Waals surface area contributed by atoms with Crippen molar-refractivity contribution in [2.24, 2.45) is 0 Å². The fourth-order valence-corrected chi connectivity index (χ4v) is 4.40. The molecule has 3 heterocycles. The number of hydrogen-bond donors (Lipinski definition) is 1. The number of ether oxygens (including phenoxy) is 2. The van der Waals surface area contributed by atoms with Gasteiger partial charge in [-0.1, -0.05) is 24.3 Å². The van der Waals surface area contributed by atoms with Crippen molar-refractivity contribution in [1.82, 2.24) is 10.2 Å². The highest BCUT2D eigenvalue weighted by atomic mass is 16.7. The molecule has 8 nitrogen and oxygen atoms in total. The maximum Gasteiger partial charge on any atom is 0.325 e. The number of carbonyl (C=O) groups excluding carboxylic acids is 3. The molecule has 1 fully saturated rings. The third-order valence-corrected chi connectivity index (χ3v) is 5.99. The topological polar surface area (TPSA) is 88.2 Å². The number of anilines is 1. The number of nitrogens with zero attached hydrogens (tertiary/aromatic N) is 2. The third kappa shape index (κ3) is 2.63. The molecule has 1 N–H and O–H groups in total. The van der Waals surface area contributed by atoms with Crippen molar-refractivity contribution in [3.8, 4) is 11.5 Å². The second-order valence-corrected chi connectivity index (χ2v) is 7.96. The van der Waals surface area contributed by atoms with E-state index in [0.29, 0.717) is 17.1 Å². The lowest BCUT2D eigenvalue weighted by molar-refractivity contribution is -0.134. The zero-order valence-corrected chi connectivity index (χ0v) is 16.7. The van der Waals surface area contributed by atoms with Gasteiger partial charge in [0.2, 0.25) is 12.7 Å². The lowest BCUT2D eigenvalue weighted by atomic mass is 9.91. The summed E-state index contributed by atoms with van der Waals surface area (Å²) in [7, 11) is 0. The summed E-state index contributed by atoms with van der Waals surface area (Å²) in [4.78, 5) is 41.6. The zero-order valence-electron chi connectivity index (χ0n) is 16.7. The summed E-state index contributed by atoms with van der Waals surface area (Å²) in [6.45, 7) is 3.39. The van der Waals surface area contributed by atoms with Gasteiger partial charge in [-0.05, 0) is 49.6 Å². The predicted molar refractivity (Wildman–Crippen MR) is 107 cm³/mol. The van der Waals surface area contributed by atoms with Crippen molar-refractivity contribution in [3.63, 3.8) is 0 Å². The molecule has 5 rings (SSSR count). The predicted octanol–water partition coefficient (Wildman–Crippen LogP) is 2.16. The fourth-order valence-electron chi connectivity index (χ4n) is 4.40. The first-order chi connectivity index (χ1) is 14.4. The Labute approximate surface area is 173 Å². The largest absolute Gasteiger partial charge is 0.454 e. The first-order valence-corrected chi connectivity index (χ1v) is 9.82. The molecule has 4 amide bonds. The maximum atomic E-state index is 13.2. The number of benzene rings is 2. The molecule has 0 spiro atoms. The average molecular weight is 407 g/mol.